The van der Waals surface area contributed by atoms with Gasteiger partial charge in [0.1, 0.15) is 0 Å². The van der Waals surface area contributed by atoms with Gasteiger partial charge in [-0.2, -0.15) is 5.10 Å². The maximum Gasteiger partial charge on any atom is 0.224 e. The molecule has 1 aliphatic heterocycles. The van der Waals surface area contributed by atoms with Gasteiger partial charge in [-0.05, 0) is 76.4 Å². The van der Waals surface area contributed by atoms with E-state index in [1.54, 1.807) is 0 Å². The van der Waals surface area contributed by atoms with Gasteiger partial charge >= 0.3 is 0 Å². The highest BCUT2D eigenvalue weighted by atomic mass is 35.5. The van der Waals surface area contributed by atoms with Gasteiger partial charge < -0.3 is 10.6 Å². The van der Waals surface area contributed by atoms with Crippen molar-refractivity contribution in [2.75, 3.05) is 19.6 Å². The zero-order valence-electron chi connectivity index (χ0n) is 15.5. The van der Waals surface area contributed by atoms with Crippen molar-refractivity contribution in [1.82, 2.24) is 20.4 Å². The molecule has 2 aromatic rings. The van der Waals surface area contributed by atoms with Crippen LogP contribution in [0.1, 0.15) is 36.2 Å². The number of benzene rings is 1. The number of aromatic nitrogens is 2. The Morgan fingerprint density at radius 2 is 2.12 bits per heavy atom. The summed E-state index contributed by atoms with van der Waals surface area (Å²) in [6.45, 7) is 6.90. The Morgan fingerprint density at radius 1 is 1.35 bits per heavy atom. The van der Waals surface area contributed by atoms with Crippen LogP contribution in [0, 0.1) is 19.8 Å². The second-order valence-corrected chi connectivity index (χ2v) is 7.50. The molecule has 1 fully saturated rings. The minimum absolute atomic E-state index is 0.0654. The Kier molecular flexibility index (Phi) is 6.33. The molecule has 5 nitrogen and oxygen atoms in total. The van der Waals surface area contributed by atoms with Gasteiger partial charge in [-0.3, -0.25) is 4.79 Å². The van der Waals surface area contributed by atoms with Crippen LogP contribution < -0.4 is 10.6 Å². The van der Waals surface area contributed by atoms with E-state index in [4.69, 9.17) is 11.6 Å². The number of hydrogen-bond donors (Lipinski definition) is 2. The van der Waals surface area contributed by atoms with Gasteiger partial charge in [0.15, 0.2) is 0 Å². The number of rotatable bonds is 6. The molecule has 1 amide bonds. The predicted molar refractivity (Wildman–Crippen MR) is 105 cm³/mol. The maximum absolute atomic E-state index is 12.4. The highest BCUT2D eigenvalue weighted by Gasteiger charge is 2.17. The summed E-state index contributed by atoms with van der Waals surface area (Å²) >= 11 is 5.96. The van der Waals surface area contributed by atoms with Crippen LogP contribution in [0.5, 0.6) is 0 Å². The number of carbonyl (C=O) groups excluding carboxylic acids is 1. The van der Waals surface area contributed by atoms with Crippen molar-refractivity contribution in [2.45, 2.75) is 39.5 Å². The lowest BCUT2D eigenvalue weighted by molar-refractivity contribution is -0.120. The number of carbonyl (C=O) groups is 1. The summed E-state index contributed by atoms with van der Waals surface area (Å²) in [6.07, 6.45) is 3.91. The molecule has 1 aromatic heterocycles. The van der Waals surface area contributed by atoms with Gasteiger partial charge in [0, 0.05) is 22.8 Å². The largest absolute Gasteiger partial charge is 0.356 e. The molecule has 1 saturated heterocycles. The van der Waals surface area contributed by atoms with E-state index in [1.807, 2.05) is 42.8 Å². The monoisotopic (exact) mass is 374 g/mol. The third-order valence-electron chi connectivity index (χ3n) is 5.12. The highest BCUT2D eigenvalue weighted by molar-refractivity contribution is 6.30. The van der Waals surface area contributed by atoms with Crippen LogP contribution >= 0.6 is 11.6 Å². The molecule has 1 aliphatic rings. The molecule has 2 N–H and O–H groups in total. The van der Waals surface area contributed by atoms with Crippen LogP contribution in [0.25, 0.3) is 5.69 Å². The number of piperidine rings is 1. The van der Waals surface area contributed by atoms with Crippen LogP contribution in [0.15, 0.2) is 24.3 Å². The predicted octanol–water partition coefficient (Wildman–Crippen LogP) is 3.19. The molecule has 3 rings (SSSR count). The minimum atomic E-state index is 0.0654. The lowest BCUT2D eigenvalue weighted by atomic mass is 9.96. The third-order valence-corrected chi connectivity index (χ3v) is 5.38. The summed E-state index contributed by atoms with van der Waals surface area (Å²) in [5.74, 6) is 0.746. The Hall–Kier alpha value is -1.85. The summed E-state index contributed by atoms with van der Waals surface area (Å²) in [6, 6.07) is 7.56. The lowest BCUT2D eigenvalue weighted by Crippen LogP contribution is -2.33. The Balaban J connectivity index is 1.58. The summed E-state index contributed by atoms with van der Waals surface area (Å²) in [4.78, 5) is 12.4. The average molecular weight is 375 g/mol. The van der Waals surface area contributed by atoms with Crippen molar-refractivity contribution < 1.29 is 4.79 Å². The molecule has 0 saturated carbocycles. The second-order valence-electron chi connectivity index (χ2n) is 7.07. The molecular formula is C20H27ClN4O. The fourth-order valence-electron chi connectivity index (χ4n) is 3.57. The zero-order valence-corrected chi connectivity index (χ0v) is 16.3. The number of amides is 1. The molecule has 6 heteroatoms. The summed E-state index contributed by atoms with van der Waals surface area (Å²) in [5.41, 5.74) is 3.84. The van der Waals surface area contributed by atoms with Crippen LogP contribution in [0.3, 0.4) is 0 Å². The topological polar surface area (TPSA) is 59.0 Å². The Labute approximate surface area is 160 Å². The SMILES string of the molecule is Cc1nn(-c2ccc(Cl)cc2)c(C)c1CC(=O)NCCC1CCCNC1. The van der Waals surface area contributed by atoms with Gasteiger partial charge in [0.05, 0.1) is 17.8 Å². The minimum Gasteiger partial charge on any atom is -0.356 e. The van der Waals surface area contributed by atoms with Crippen molar-refractivity contribution in [3.8, 4) is 5.69 Å². The molecule has 0 radical (unpaired) electrons. The smallest absolute Gasteiger partial charge is 0.224 e. The van der Waals surface area contributed by atoms with Crippen molar-refractivity contribution in [3.63, 3.8) is 0 Å². The van der Waals surface area contributed by atoms with Crippen molar-refractivity contribution >= 4 is 17.5 Å². The first kappa shape index (κ1) is 18.9. The van der Waals surface area contributed by atoms with Crippen LogP contribution in [0.2, 0.25) is 5.02 Å². The molecule has 1 unspecified atom stereocenters. The molecule has 0 bridgehead atoms. The molecule has 1 atom stereocenters. The first-order valence-corrected chi connectivity index (χ1v) is 9.71. The molecule has 0 aliphatic carbocycles. The first-order valence-electron chi connectivity index (χ1n) is 9.33. The number of halogens is 1. The van der Waals surface area contributed by atoms with E-state index in [1.165, 1.54) is 12.8 Å². The first-order chi connectivity index (χ1) is 12.5. The number of aryl methyl sites for hydroxylation is 1. The van der Waals surface area contributed by atoms with E-state index in [0.717, 1.165) is 48.7 Å². The van der Waals surface area contributed by atoms with E-state index < -0.39 is 0 Å². The van der Waals surface area contributed by atoms with Crippen LogP contribution in [-0.4, -0.2) is 35.3 Å². The van der Waals surface area contributed by atoms with Gasteiger partial charge in [0.25, 0.3) is 0 Å². The van der Waals surface area contributed by atoms with Gasteiger partial charge in [-0.1, -0.05) is 11.6 Å². The van der Waals surface area contributed by atoms with Gasteiger partial charge in [-0.25, -0.2) is 4.68 Å². The van der Waals surface area contributed by atoms with Crippen LogP contribution in [-0.2, 0) is 11.2 Å². The van der Waals surface area contributed by atoms with Crippen molar-refractivity contribution in [1.29, 1.82) is 0 Å². The zero-order chi connectivity index (χ0) is 18.5. The lowest BCUT2D eigenvalue weighted by Gasteiger charge is -2.22. The van der Waals surface area contributed by atoms with E-state index >= 15 is 0 Å². The molecule has 26 heavy (non-hydrogen) atoms. The Bertz CT molecular complexity index is 748. The fraction of sp³-hybridized carbons (Fsp3) is 0.500. The molecule has 140 valence electrons. The van der Waals surface area contributed by atoms with E-state index in [0.29, 0.717) is 17.4 Å². The standard InChI is InChI=1S/C20H27ClN4O/c1-14-19(12-20(26)23-11-9-16-4-3-10-22-13-16)15(2)25(24-14)18-7-5-17(21)6-8-18/h5-8,16,22H,3-4,9-13H2,1-2H3,(H,23,26). The third kappa shape index (κ3) is 4.65. The number of hydrogen-bond acceptors (Lipinski definition) is 3. The van der Waals surface area contributed by atoms with Crippen LogP contribution in [0.4, 0.5) is 0 Å². The van der Waals surface area contributed by atoms with E-state index in [2.05, 4.69) is 15.7 Å². The maximum atomic E-state index is 12.4. The quantitative estimate of drug-likeness (QED) is 0.816. The van der Waals surface area contributed by atoms with Crippen molar-refractivity contribution in [3.05, 3.63) is 46.2 Å². The van der Waals surface area contributed by atoms with Gasteiger partial charge in [0.2, 0.25) is 5.91 Å². The summed E-state index contributed by atoms with van der Waals surface area (Å²) in [5, 5.41) is 11.8. The normalized spacial score (nSPS) is 17.3. The molecule has 2 heterocycles. The van der Waals surface area contributed by atoms with Crippen molar-refractivity contribution in [2.24, 2.45) is 5.92 Å². The molecule has 0 spiro atoms. The highest BCUT2D eigenvalue weighted by Crippen LogP contribution is 2.20. The molecule has 1 aromatic carbocycles. The summed E-state index contributed by atoms with van der Waals surface area (Å²) in [7, 11) is 0. The summed E-state index contributed by atoms with van der Waals surface area (Å²) < 4.78 is 1.88. The Morgan fingerprint density at radius 3 is 2.81 bits per heavy atom. The second kappa shape index (κ2) is 8.69. The van der Waals surface area contributed by atoms with E-state index in [-0.39, 0.29) is 5.91 Å². The fourth-order valence-corrected chi connectivity index (χ4v) is 3.70. The number of nitrogens with zero attached hydrogens (tertiary/aromatic N) is 2. The van der Waals surface area contributed by atoms with Gasteiger partial charge in [-0.15, -0.1) is 0 Å². The molecular weight excluding hydrogens is 348 g/mol. The van der Waals surface area contributed by atoms with E-state index in [9.17, 15) is 4.79 Å². The average Bonchev–Trinajstić information content (AvgIpc) is 2.91. The number of nitrogens with one attached hydrogen (secondary N) is 2.